The van der Waals surface area contributed by atoms with Crippen LogP contribution in [0, 0.1) is 0 Å². The Hall–Kier alpha value is -2.42. The van der Waals surface area contributed by atoms with Crippen molar-refractivity contribution in [3.05, 3.63) is 54.6 Å². The molecule has 0 amide bonds. The zero-order valence-electron chi connectivity index (χ0n) is 19.3. The molecule has 0 aliphatic rings. The van der Waals surface area contributed by atoms with E-state index in [0.29, 0.717) is 35.4 Å². The molecule has 2 aromatic rings. The zero-order chi connectivity index (χ0) is 24.3. The number of likely N-dealkylation sites (N-methyl/N-ethyl adjacent to an activating group) is 1. The number of nitrogens with zero attached hydrogens (tertiary/aromatic N) is 1. The van der Waals surface area contributed by atoms with Crippen LogP contribution in [0.3, 0.4) is 0 Å². The number of phosphoric ester groups is 1. The summed E-state index contributed by atoms with van der Waals surface area (Å²) in [6.45, 7) is 0.649. The molecule has 0 fully saturated rings. The van der Waals surface area contributed by atoms with E-state index < -0.39 is 19.9 Å². The molecular weight excluding hydrogens is 449 g/mol. The minimum absolute atomic E-state index is 0.00877. The zero-order valence-corrected chi connectivity index (χ0v) is 20.1. The highest BCUT2D eigenvalue weighted by Crippen LogP contribution is 2.45. The first kappa shape index (κ1) is 26.8. The second kappa shape index (κ2) is 12.7. The lowest BCUT2D eigenvalue weighted by molar-refractivity contribution is -0.873. The average molecular weight is 482 g/mol. The number of ether oxygens (including phenoxy) is 2. The van der Waals surface area contributed by atoms with Crippen LogP contribution in [0.4, 0.5) is 0 Å². The van der Waals surface area contributed by atoms with Gasteiger partial charge < -0.3 is 24.0 Å². The molecule has 0 saturated carbocycles. The molecule has 0 bridgehead atoms. The van der Waals surface area contributed by atoms with E-state index in [1.54, 1.807) is 12.1 Å². The van der Waals surface area contributed by atoms with Crippen LogP contribution in [-0.4, -0.2) is 67.5 Å². The van der Waals surface area contributed by atoms with E-state index >= 15 is 0 Å². The molecule has 9 nitrogen and oxygen atoms in total. The molecule has 182 valence electrons. The topological polar surface area (TPSA) is 112 Å². The second-order valence-electron chi connectivity index (χ2n) is 8.54. The van der Waals surface area contributed by atoms with Crippen molar-refractivity contribution in [2.45, 2.75) is 25.4 Å². The summed E-state index contributed by atoms with van der Waals surface area (Å²) in [6, 6.07) is 16.7. The number of hydrogen-bond acceptors (Lipinski definition) is 6. The van der Waals surface area contributed by atoms with Gasteiger partial charge in [0.2, 0.25) is 0 Å². The molecule has 33 heavy (non-hydrogen) atoms. The van der Waals surface area contributed by atoms with Crippen molar-refractivity contribution >= 4 is 13.8 Å². The molecule has 10 heteroatoms. The number of carbonyl (C=O) groups is 1. The molecule has 2 aromatic carbocycles. The Labute approximate surface area is 194 Å². The Bertz CT molecular complexity index is 899. The standard InChI is InChI=1S/C23H32NO8P/c1-24(2,3)18-22(17-23(25)26)32-33(27,28)30-16-8-7-15-29-19-11-13-21(14-12-19)31-20-9-5-4-6-10-20/h4-6,9-14,22H,7-8,15-18H2,1-3H3,(H-,25,26,27,28)/p+1/t22-/m1/s1. The van der Waals surface area contributed by atoms with Gasteiger partial charge in [-0.2, -0.15) is 0 Å². The number of unbranched alkanes of at least 4 members (excludes halogenated alkanes) is 1. The lowest BCUT2D eigenvalue weighted by atomic mass is 10.2. The van der Waals surface area contributed by atoms with Gasteiger partial charge in [-0.05, 0) is 49.2 Å². The number of carboxylic acid groups (broad SMARTS) is 1. The summed E-state index contributed by atoms with van der Waals surface area (Å²) in [7, 11) is 1.16. The number of quaternary nitrogens is 1. The van der Waals surface area contributed by atoms with E-state index in [2.05, 4.69) is 0 Å². The highest BCUT2D eigenvalue weighted by atomic mass is 31.2. The van der Waals surface area contributed by atoms with Crippen LogP contribution in [0.1, 0.15) is 19.3 Å². The van der Waals surface area contributed by atoms with Gasteiger partial charge in [-0.15, -0.1) is 0 Å². The van der Waals surface area contributed by atoms with Gasteiger partial charge in [-0.3, -0.25) is 13.8 Å². The molecule has 0 spiro atoms. The first-order chi connectivity index (χ1) is 15.5. The van der Waals surface area contributed by atoms with Crippen LogP contribution in [0.25, 0.3) is 0 Å². The van der Waals surface area contributed by atoms with Gasteiger partial charge in [0.15, 0.2) is 0 Å². The van der Waals surface area contributed by atoms with Crippen molar-refractivity contribution in [2.75, 3.05) is 40.9 Å². The molecule has 0 heterocycles. The van der Waals surface area contributed by atoms with Gasteiger partial charge in [0.25, 0.3) is 0 Å². The third kappa shape index (κ3) is 11.8. The first-order valence-electron chi connectivity index (χ1n) is 10.7. The molecule has 2 rings (SSSR count). The summed E-state index contributed by atoms with van der Waals surface area (Å²) >= 11 is 0. The second-order valence-corrected chi connectivity index (χ2v) is 9.95. The molecule has 0 saturated heterocycles. The van der Waals surface area contributed by atoms with E-state index in [1.807, 2.05) is 63.6 Å². The van der Waals surface area contributed by atoms with Gasteiger partial charge in [-0.25, -0.2) is 4.57 Å². The summed E-state index contributed by atoms with van der Waals surface area (Å²) in [6.07, 6.45) is -0.246. The Kier molecular flexibility index (Phi) is 10.3. The van der Waals surface area contributed by atoms with E-state index in [1.165, 1.54) is 0 Å². The predicted octanol–water partition coefficient (Wildman–Crippen LogP) is 4.32. The van der Waals surface area contributed by atoms with Crippen molar-refractivity contribution in [2.24, 2.45) is 0 Å². The maximum atomic E-state index is 12.2. The van der Waals surface area contributed by atoms with E-state index in [9.17, 15) is 14.3 Å². The molecule has 0 aliphatic carbocycles. The normalized spacial score (nSPS) is 14.3. The lowest BCUT2D eigenvalue weighted by Crippen LogP contribution is -2.42. The summed E-state index contributed by atoms with van der Waals surface area (Å²) in [5, 5.41) is 9.01. The number of benzene rings is 2. The molecular formula is C23H33NO8P+. The predicted molar refractivity (Wildman–Crippen MR) is 123 cm³/mol. The Morgan fingerprint density at radius 2 is 1.52 bits per heavy atom. The van der Waals surface area contributed by atoms with Crippen LogP contribution in [0.2, 0.25) is 0 Å². The molecule has 0 aromatic heterocycles. The third-order valence-corrected chi connectivity index (χ3v) is 5.37. The minimum Gasteiger partial charge on any atom is -0.494 e. The van der Waals surface area contributed by atoms with E-state index in [-0.39, 0.29) is 19.6 Å². The third-order valence-electron chi connectivity index (χ3n) is 4.30. The summed E-state index contributed by atoms with van der Waals surface area (Å²) in [5.41, 5.74) is 0. The Balaban J connectivity index is 1.67. The minimum atomic E-state index is -4.36. The van der Waals surface area contributed by atoms with Crippen LogP contribution in [0.15, 0.2) is 54.6 Å². The molecule has 1 unspecified atom stereocenters. The highest BCUT2D eigenvalue weighted by Gasteiger charge is 2.31. The number of para-hydroxylation sites is 1. The summed E-state index contributed by atoms with van der Waals surface area (Å²) < 4.78 is 34.1. The van der Waals surface area contributed by atoms with Crippen LogP contribution in [0.5, 0.6) is 17.2 Å². The van der Waals surface area contributed by atoms with Gasteiger partial charge in [-0.1, -0.05) is 18.2 Å². The number of rotatable bonds is 15. The first-order valence-corrected chi connectivity index (χ1v) is 12.2. The fraction of sp³-hybridized carbons (Fsp3) is 0.435. The van der Waals surface area contributed by atoms with E-state index in [4.69, 9.17) is 23.6 Å². The van der Waals surface area contributed by atoms with Crippen molar-refractivity contribution < 1.29 is 42.4 Å². The van der Waals surface area contributed by atoms with Gasteiger partial charge in [0, 0.05) is 0 Å². The van der Waals surface area contributed by atoms with Crippen LogP contribution in [-0.2, 0) is 18.4 Å². The highest BCUT2D eigenvalue weighted by molar-refractivity contribution is 7.47. The average Bonchev–Trinajstić information content (AvgIpc) is 2.70. The maximum Gasteiger partial charge on any atom is 0.472 e. The van der Waals surface area contributed by atoms with Crippen molar-refractivity contribution in [1.29, 1.82) is 0 Å². The Morgan fingerprint density at radius 3 is 2.12 bits per heavy atom. The van der Waals surface area contributed by atoms with E-state index in [0.717, 1.165) is 5.75 Å². The van der Waals surface area contributed by atoms with Crippen LogP contribution >= 0.6 is 7.82 Å². The summed E-state index contributed by atoms with van der Waals surface area (Å²) in [5.74, 6) is 1.03. The Morgan fingerprint density at radius 1 is 0.939 bits per heavy atom. The number of phosphoric acid groups is 1. The maximum absolute atomic E-state index is 12.2. The van der Waals surface area contributed by atoms with Crippen LogP contribution < -0.4 is 9.47 Å². The largest absolute Gasteiger partial charge is 0.494 e. The van der Waals surface area contributed by atoms with Crippen molar-refractivity contribution in [3.8, 4) is 17.2 Å². The smallest absolute Gasteiger partial charge is 0.472 e. The lowest BCUT2D eigenvalue weighted by Gasteiger charge is -2.29. The summed E-state index contributed by atoms with van der Waals surface area (Å²) in [4.78, 5) is 20.9. The molecule has 2 atom stereocenters. The number of hydrogen-bond donors (Lipinski definition) is 2. The SMILES string of the molecule is C[N+](C)(C)C[C@@H](CC(=O)O)OP(=O)(O)OCCCCOc1ccc(Oc2ccccc2)cc1. The van der Waals surface area contributed by atoms with Gasteiger partial charge in [0.1, 0.15) is 29.9 Å². The molecule has 0 aliphatic heterocycles. The quantitative estimate of drug-likeness (QED) is 0.219. The molecule has 0 radical (unpaired) electrons. The monoisotopic (exact) mass is 482 g/mol. The fourth-order valence-corrected chi connectivity index (χ4v) is 3.90. The number of aliphatic carboxylic acids is 1. The molecule has 2 N–H and O–H groups in total. The van der Waals surface area contributed by atoms with Crippen molar-refractivity contribution in [3.63, 3.8) is 0 Å². The van der Waals surface area contributed by atoms with Crippen molar-refractivity contribution in [1.82, 2.24) is 0 Å². The number of carboxylic acids is 1. The fourth-order valence-electron chi connectivity index (χ4n) is 2.96. The van der Waals surface area contributed by atoms with Gasteiger partial charge in [0.05, 0.1) is 40.8 Å². The van der Waals surface area contributed by atoms with Gasteiger partial charge >= 0.3 is 13.8 Å².